The molecule has 0 unspecified atom stereocenters. The Morgan fingerprint density at radius 2 is 1.94 bits per heavy atom. The fourth-order valence-corrected chi connectivity index (χ4v) is 4.73. The molecule has 1 amide bonds. The third kappa shape index (κ3) is 3.93. The van der Waals surface area contributed by atoms with Crippen LogP contribution >= 0.6 is 11.3 Å². The summed E-state index contributed by atoms with van der Waals surface area (Å²) in [5.74, 6) is 1.16. The van der Waals surface area contributed by atoms with Gasteiger partial charge >= 0.3 is 0 Å². The maximum Gasteiger partial charge on any atom is 0.244 e. The zero-order chi connectivity index (χ0) is 22.9. The number of ether oxygens (including phenoxy) is 2. The van der Waals surface area contributed by atoms with Crippen molar-refractivity contribution in [3.63, 3.8) is 0 Å². The summed E-state index contributed by atoms with van der Waals surface area (Å²) in [4.78, 5) is 17.3. The van der Waals surface area contributed by atoms with E-state index in [0.29, 0.717) is 17.2 Å². The van der Waals surface area contributed by atoms with Gasteiger partial charge in [-0.15, -0.1) is 0 Å². The van der Waals surface area contributed by atoms with Crippen molar-refractivity contribution in [2.24, 2.45) is 5.10 Å². The SMILES string of the molecule is O=C(Cn1cc(/C=N/Nc2nc3ccccc3s2)c2ccccc21)Nc1ccc2c(c1)OCO2. The molecule has 0 saturated carbocycles. The first-order valence-electron chi connectivity index (χ1n) is 10.6. The minimum absolute atomic E-state index is 0.143. The number of nitrogens with zero attached hydrogens (tertiary/aromatic N) is 3. The van der Waals surface area contributed by atoms with Gasteiger partial charge in [-0.1, -0.05) is 41.7 Å². The van der Waals surface area contributed by atoms with Gasteiger partial charge in [-0.25, -0.2) is 4.98 Å². The molecule has 1 aliphatic rings. The average molecular weight is 470 g/mol. The standard InChI is InChI=1S/C25H19N5O3S/c31-24(27-17-9-10-21-22(11-17)33-15-32-21)14-30-13-16(18-5-1-3-7-20(18)30)12-26-29-25-28-19-6-2-4-8-23(19)34-25/h1-13H,14-15H2,(H,27,31)(H,28,29)/b26-12+. The number of hydrogen-bond acceptors (Lipinski definition) is 7. The number of hydrazone groups is 1. The molecule has 0 radical (unpaired) electrons. The molecule has 0 aliphatic carbocycles. The quantitative estimate of drug-likeness (QED) is 0.268. The van der Waals surface area contributed by atoms with Crippen LogP contribution in [0.3, 0.4) is 0 Å². The Bertz CT molecular complexity index is 1520. The Balaban J connectivity index is 1.19. The molecular weight excluding hydrogens is 450 g/mol. The number of nitrogens with one attached hydrogen (secondary N) is 2. The van der Waals surface area contributed by atoms with E-state index in [1.54, 1.807) is 35.8 Å². The fraction of sp³-hybridized carbons (Fsp3) is 0.0800. The molecule has 6 rings (SSSR count). The van der Waals surface area contributed by atoms with Crippen LogP contribution in [0.1, 0.15) is 5.56 Å². The van der Waals surface area contributed by atoms with Crippen LogP contribution < -0.4 is 20.2 Å². The topological polar surface area (TPSA) is 89.8 Å². The Kier molecular flexibility index (Phi) is 5.08. The smallest absolute Gasteiger partial charge is 0.244 e. The van der Waals surface area contributed by atoms with Crippen LogP contribution in [0.5, 0.6) is 11.5 Å². The largest absolute Gasteiger partial charge is 0.454 e. The maximum absolute atomic E-state index is 12.8. The molecule has 2 N–H and O–H groups in total. The van der Waals surface area contributed by atoms with Crippen molar-refractivity contribution in [1.29, 1.82) is 0 Å². The molecule has 3 heterocycles. The van der Waals surface area contributed by atoms with Gasteiger partial charge in [-0.05, 0) is 30.3 Å². The lowest BCUT2D eigenvalue weighted by Crippen LogP contribution is -2.18. The highest BCUT2D eigenvalue weighted by atomic mass is 32.1. The van der Waals surface area contributed by atoms with Gasteiger partial charge in [0.25, 0.3) is 0 Å². The van der Waals surface area contributed by atoms with E-state index < -0.39 is 0 Å². The third-order valence-electron chi connectivity index (χ3n) is 5.45. The third-order valence-corrected chi connectivity index (χ3v) is 6.39. The summed E-state index contributed by atoms with van der Waals surface area (Å²) in [6.07, 6.45) is 3.67. The van der Waals surface area contributed by atoms with Crippen LogP contribution in [0.4, 0.5) is 10.8 Å². The van der Waals surface area contributed by atoms with E-state index in [4.69, 9.17) is 9.47 Å². The first-order chi connectivity index (χ1) is 16.7. The lowest BCUT2D eigenvalue weighted by molar-refractivity contribution is -0.116. The number of hydrogen-bond donors (Lipinski definition) is 2. The van der Waals surface area contributed by atoms with Crippen molar-refractivity contribution in [2.75, 3.05) is 17.5 Å². The van der Waals surface area contributed by atoms with Crippen molar-refractivity contribution < 1.29 is 14.3 Å². The van der Waals surface area contributed by atoms with Gasteiger partial charge in [-0.3, -0.25) is 10.2 Å². The van der Waals surface area contributed by atoms with Gasteiger partial charge in [0.2, 0.25) is 17.8 Å². The normalized spacial score (nSPS) is 12.6. The van der Waals surface area contributed by atoms with Crippen LogP contribution in [0.15, 0.2) is 78.0 Å². The molecule has 3 aromatic carbocycles. The number of anilines is 2. The van der Waals surface area contributed by atoms with Gasteiger partial charge in [-0.2, -0.15) is 5.10 Å². The molecule has 0 atom stereocenters. The van der Waals surface area contributed by atoms with Crippen molar-refractivity contribution in [3.05, 3.63) is 78.5 Å². The van der Waals surface area contributed by atoms with Gasteiger partial charge in [0.05, 0.1) is 16.4 Å². The summed E-state index contributed by atoms with van der Waals surface area (Å²) in [7, 11) is 0. The molecule has 2 aromatic heterocycles. The lowest BCUT2D eigenvalue weighted by Gasteiger charge is -2.08. The van der Waals surface area contributed by atoms with Gasteiger partial charge in [0, 0.05) is 34.4 Å². The zero-order valence-electron chi connectivity index (χ0n) is 17.9. The number of carbonyl (C=O) groups is 1. The van der Waals surface area contributed by atoms with Crippen LogP contribution in [-0.2, 0) is 11.3 Å². The molecule has 0 fully saturated rings. The summed E-state index contributed by atoms with van der Waals surface area (Å²) in [5.41, 5.74) is 6.47. The Morgan fingerprint density at radius 1 is 1.09 bits per heavy atom. The van der Waals surface area contributed by atoms with Gasteiger partial charge < -0.3 is 19.4 Å². The molecule has 1 aliphatic heterocycles. The molecular formula is C25H19N5O3S. The van der Waals surface area contributed by atoms with E-state index in [-0.39, 0.29) is 19.2 Å². The number of aromatic nitrogens is 2. The fourth-order valence-electron chi connectivity index (χ4n) is 3.92. The van der Waals surface area contributed by atoms with E-state index >= 15 is 0 Å². The Labute approximate surface area is 198 Å². The molecule has 9 heteroatoms. The van der Waals surface area contributed by atoms with E-state index in [1.165, 1.54) is 0 Å². The van der Waals surface area contributed by atoms with E-state index in [1.807, 2.05) is 59.3 Å². The van der Waals surface area contributed by atoms with E-state index in [0.717, 1.165) is 31.8 Å². The summed E-state index contributed by atoms with van der Waals surface area (Å²) < 4.78 is 13.7. The van der Waals surface area contributed by atoms with Gasteiger partial charge in [0.1, 0.15) is 6.54 Å². The number of rotatable bonds is 6. The van der Waals surface area contributed by atoms with Crippen molar-refractivity contribution >= 4 is 55.4 Å². The highest BCUT2D eigenvalue weighted by Gasteiger charge is 2.15. The second-order valence-corrected chi connectivity index (χ2v) is 8.73. The maximum atomic E-state index is 12.8. The van der Waals surface area contributed by atoms with E-state index in [2.05, 4.69) is 20.8 Å². The Morgan fingerprint density at radius 3 is 2.88 bits per heavy atom. The minimum Gasteiger partial charge on any atom is -0.454 e. The van der Waals surface area contributed by atoms with Crippen molar-refractivity contribution in [2.45, 2.75) is 6.54 Å². The highest BCUT2D eigenvalue weighted by molar-refractivity contribution is 7.22. The first-order valence-corrected chi connectivity index (χ1v) is 11.5. The van der Waals surface area contributed by atoms with Crippen LogP contribution in [0, 0.1) is 0 Å². The predicted octanol–water partition coefficient (Wildman–Crippen LogP) is 5.06. The molecule has 168 valence electrons. The number of amides is 1. The summed E-state index contributed by atoms with van der Waals surface area (Å²) in [5, 5.41) is 9.04. The number of para-hydroxylation sites is 2. The van der Waals surface area contributed by atoms with Crippen molar-refractivity contribution in [3.8, 4) is 11.5 Å². The zero-order valence-corrected chi connectivity index (χ0v) is 18.7. The van der Waals surface area contributed by atoms with Crippen LogP contribution in [0.2, 0.25) is 0 Å². The molecule has 0 spiro atoms. The second-order valence-electron chi connectivity index (χ2n) is 7.70. The minimum atomic E-state index is -0.143. The van der Waals surface area contributed by atoms with Crippen LogP contribution in [-0.4, -0.2) is 28.5 Å². The summed E-state index contributed by atoms with van der Waals surface area (Å²) >= 11 is 1.55. The highest BCUT2D eigenvalue weighted by Crippen LogP contribution is 2.34. The molecule has 34 heavy (non-hydrogen) atoms. The van der Waals surface area contributed by atoms with Gasteiger partial charge in [0.15, 0.2) is 11.5 Å². The summed E-state index contributed by atoms with van der Waals surface area (Å²) in [6.45, 7) is 0.355. The number of carbonyl (C=O) groups excluding carboxylic acids is 1. The van der Waals surface area contributed by atoms with Crippen molar-refractivity contribution in [1.82, 2.24) is 9.55 Å². The van der Waals surface area contributed by atoms with E-state index in [9.17, 15) is 4.79 Å². The predicted molar refractivity (Wildman–Crippen MR) is 134 cm³/mol. The molecule has 0 saturated heterocycles. The first kappa shape index (κ1) is 20.3. The monoisotopic (exact) mass is 469 g/mol. The molecule has 8 nitrogen and oxygen atoms in total. The van der Waals surface area contributed by atoms with Crippen LogP contribution in [0.25, 0.3) is 21.1 Å². The number of thiazole rings is 1. The Hall–Kier alpha value is -4.37. The lowest BCUT2D eigenvalue weighted by atomic mass is 10.2. The molecule has 0 bridgehead atoms. The summed E-state index contributed by atoms with van der Waals surface area (Å²) in [6, 6.07) is 21.2. The second kappa shape index (κ2) is 8.53. The molecule has 5 aromatic rings. The number of fused-ring (bicyclic) bond motifs is 3. The number of benzene rings is 3. The average Bonchev–Trinajstić information content (AvgIpc) is 3.56.